The minimum Gasteiger partial charge on any atom is -0.391 e. The fourth-order valence-electron chi connectivity index (χ4n) is 1.87. The zero-order chi connectivity index (χ0) is 16.8. The number of carbonyl (C=O) groups is 1. The standard InChI is InChI=1S/C17H29N3O2/c1-17(2,3)15(21)11-19-16(22)18-10-13-6-8-14(9-7-13)12-20(4)5/h6-9,15,21H,10-12H2,1-5H3,(H2,18,19,22). The van der Waals surface area contributed by atoms with Gasteiger partial charge in [0.1, 0.15) is 0 Å². The van der Waals surface area contributed by atoms with Crippen molar-refractivity contribution in [1.29, 1.82) is 0 Å². The van der Waals surface area contributed by atoms with Crippen molar-refractivity contribution in [3.63, 3.8) is 0 Å². The lowest BCUT2D eigenvalue weighted by Crippen LogP contribution is -2.43. The summed E-state index contributed by atoms with van der Waals surface area (Å²) in [6.45, 7) is 7.43. The molecule has 0 radical (unpaired) electrons. The topological polar surface area (TPSA) is 64.6 Å². The first-order chi connectivity index (χ1) is 10.2. The van der Waals surface area contributed by atoms with E-state index in [4.69, 9.17) is 0 Å². The lowest BCUT2D eigenvalue weighted by Gasteiger charge is -2.25. The normalized spacial score (nSPS) is 13.0. The first-order valence-corrected chi connectivity index (χ1v) is 7.61. The summed E-state index contributed by atoms with van der Waals surface area (Å²) in [5, 5.41) is 15.4. The Hall–Kier alpha value is -1.59. The van der Waals surface area contributed by atoms with E-state index in [9.17, 15) is 9.90 Å². The van der Waals surface area contributed by atoms with Gasteiger partial charge < -0.3 is 20.6 Å². The monoisotopic (exact) mass is 307 g/mol. The molecule has 3 N–H and O–H groups in total. The third-order valence-corrected chi connectivity index (χ3v) is 3.43. The van der Waals surface area contributed by atoms with E-state index in [2.05, 4.69) is 27.7 Å². The maximum Gasteiger partial charge on any atom is 0.315 e. The second-order valence-electron chi connectivity index (χ2n) is 7.00. The molecule has 0 bridgehead atoms. The van der Waals surface area contributed by atoms with Gasteiger partial charge in [-0.15, -0.1) is 0 Å². The highest BCUT2D eigenvalue weighted by Gasteiger charge is 2.22. The number of amides is 2. The van der Waals surface area contributed by atoms with Gasteiger partial charge in [-0.3, -0.25) is 0 Å². The van der Waals surface area contributed by atoms with Gasteiger partial charge in [0.2, 0.25) is 0 Å². The molecule has 0 saturated heterocycles. The van der Waals surface area contributed by atoms with E-state index in [1.165, 1.54) is 5.56 Å². The van der Waals surface area contributed by atoms with Crippen molar-refractivity contribution in [3.8, 4) is 0 Å². The quantitative estimate of drug-likeness (QED) is 0.753. The molecule has 1 atom stereocenters. The Labute approximate surface area is 133 Å². The van der Waals surface area contributed by atoms with Gasteiger partial charge in [0, 0.05) is 19.6 Å². The molecule has 5 nitrogen and oxygen atoms in total. The average Bonchev–Trinajstić information content (AvgIpc) is 2.42. The molecule has 1 aromatic rings. The third-order valence-electron chi connectivity index (χ3n) is 3.43. The number of nitrogens with zero attached hydrogens (tertiary/aromatic N) is 1. The van der Waals surface area contributed by atoms with Crippen molar-refractivity contribution >= 4 is 6.03 Å². The van der Waals surface area contributed by atoms with Gasteiger partial charge in [0.25, 0.3) is 0 Å². The Morgan fingerprint density at radius 2 is 1.68 bits per heavy atom. The summed E-state index contributed by atoms with van der Waals surface area (Å²) >= 11 is 0. The SMILES string of the molecule is CN(C)Cc1ccc(CNC(=O)NCC(O)C(C)(C)C)cc1. The molecule has 22 heavy (non-hydrogen) atoms. The Morgan fingerprint density at radius 3 is 2.18 bits per heavy atom. The van der Waals surface area contributed by atoms with Crippen LogP contribution in [0.1, 0.15) is 31.9 Å². The molecular weight excluding hydrogens is 278 g/mol. The van der Waals surface area contributed by atoms with Crippen molar-refractivity contribution in [1.82, 2.24) is 15.5 Å². The molecule has 1 unspecified atom stereocenters. The second-order valence-corrected chi connectivity index (χ2v) is 7.00. The van der Waals surface area contributed by atoms with E-state index in [0.717, 1.165) is 12.1 Å². The van der Waals surface area contributed by atoms with E-state index in [0.29, 0.717) is 6.54 Å². The number of benzene rings is 1. The van der Waals surface area contributed by atoms with Crippen LogP contribution in [0.3, 0.4) is 0 Å². The van der Waals surface area contributed by atoms with E-state index in [1.807, 2.05) is 47.0 Å². The fourth-order valence-corrected chi connectivity index (χ4v) is 1.87. The van der Waals surface area contributed by atoms with E-state index in [1.54, 1.807) is 0 Å². The molecule has 124 valence electrons. The van der Waals surface area contributed by atoms with Crippen molar-refractivity contribution < 1.29 is 9.90 Å². The average molecular weight is 307 g/mol. The van der Waals surface area contributed by atoms with Gasteiger partial charge in [0.15, 0.2) is 0 Å². The Balaban J connectivity index is 2.35. The molecule has 0 aliphatic rings. The van der Waals surface area contributed by atoms with Crippen molar-refractivity contribution in [3.05, 3.63) is 35.4 Å². The molecule has 0 aliphatic carbocycles. The summed E-state index contributed by atoms with van der Waals surface area (Å²) in [4.78, 5) is 13.8. The molecule has 0 saturated carbocycles. The second kappa shape index (κ2) is 8.15. The molecule has 1 aromatic carbocycles. The number of urea groups is 1. The van der Waals surface area contributed by atoms with Crippen LogP contribution in [0, 0.1) is 5.41 Å². The van der Waals surface area contributed by atoms with Gasteiger partial charge in [-0.25, -0.2) is 4.79 Å². The number of rotatable bonds is 6. The van der Waals surface area contributed by atoms with E-state index < -0.39 is 6.10 Å². The van der Waals surface area contributed by atoms with Gasteiger partial charge in [-0.1, -0.05) is 45.0 Å². The molecule has 0 aromatic heterocycles. The van der Waals surface area contributed by atoms with Crippen molar-refractivity contribution in [2.45, 2.75) is 40.0 Å². The summed E-state index contributed by atoms with van der Waals surface area (Å²) in [5.74, 6) is 0. The number of carbonyl (C=O) groups excluding carboxylic acids is 1. The van der Waals surface area contributed by atoms with Gasteiger partial charge in [-0.2, -0.15) is 0 Å². The van der Waals surface area contributed by atoms with Crippen LogP contribution in [0.25, 0.3) is 0 Å². The van der Waals surface area contributed by atoms with Gasteiger partial charge >= 0.3 is 6.03 Å². The Kier molecular flexibility index (Phi) is 6.84. The lowest BCUT2D eigenvalue weighted by molar-refractivity contribution is 0.0650. The molecule has 5 heteroatoms. The molecule has 1 rings (SSSR count). The Bertz CT molecular complexity index is 464. The zero-order valence-electron chi connectivity index (χ0n) is 14.3. The van der Waals surface area contributed by atoms with E-state index in [-0.39, 0.29) is 18.0 Å². The first kappa shape index (κ1) is 18.5. The third kappa shape index (κ3) is 6.91. The van der Waals surface area contributed by atoms with Crippen LogP contribution < -0.4 is 10.6 Å². The highest BCUT2D eigenvalue weighted by Crippen LogP contribution is 2.17. The summed E-state index contributed by atoms with van der Waals surface area (Å²) < 4.78 is 0. The first-order valence-electron chi connectivity index (χ1n) is 7.61. The van der Waals surface area contributed by atoms with Crippen LogP contribution in [0.2, 0.25) is 0 Å². The van der Waals surface area contributed by atoms with Crippen LogP contribution in [0.4, 0.5) is 4.79 Å². The Morgan fingerprint density at radius 1 is 1.14 bits per heavy atom. The predicted octanol–water partition coefficient (Wildman–Crippen LogP) is 1.95. The number of nitrogens with one attached hydrogen (secondary N) is 2. The number of hydrogen-bond acceptors (Lipinski definition) is 3. The smallest absolute Gasteiger partial charge is 0.315 e. The molecule has 0 fully saturated rings. The molecule has 0 heterocycles. The largest absolute Gasteiger partial charge is 0.391 e. The maximum absolute atomic E-state index is 11.7. The number of aliphatic hydroxyl groups is 1. The van der Waals surface area contributed by atoms with Crippen LogP contribution in [0.5, 0.6) is 0 Å². The van der Waals surface area contributed by atoms with Crippen LogP contribution in [-0.2, 0) is 13.1 Å². The summed E-state index contributed by atoms with van der Waals surface area (Å²) in [6, 6.07) is 7.91. The summed E-state index contributed by atoms with van der Waals surface area (Å²) in [5.41, 5.74) is 2.05. The number of aliphatic hydroxyl groups excluding tert-OH is 1. The molecule has 0 spiro atoms. The highest BCUT2D eigenvalue weighted by molar-refractivity contribution is 5.73. The van der Waals surface area contributed by atoms with Gasteiger partial charge in [-0.05, 0) is 30.6 Å². The van der Waals surface area contributed by atoms with Crippen molar-refractivity contribution in [2.24, 2.45) is 5.41 Å². The number of hydrogen-bond donors (Lipinski definition) is 3. The molecule has 0 aliphatic heterocycles. The predicted molar refractivity (Wildman–Crippen MR) is 89.5 cm³/mol. The minimum absolute atomic E-state index is 0.241. The van der Waals surface area contributed by atoms with Gasteiger partial charge in [0.05, 0.1) is 6.10 Å². The van der Waals surface area contributed by atoms with Crippen molar-refractivity contribution in [2.75, 3.05) is 20.6 Å². The molecule has 2 amide bonds. The summed E-state index contributed by atoms with van der Waals surface area (Å²) in [7, 11) is 4.07. The van der Waals surface area contributed by atoms with Crippen LogP contribution >= 0.6 is 0 Å². The maximum atomic E-state index is 11.7. The minimum atomic E-state index is -0.566. The summed E-state index contributed by atoms with van der Waals surface area (Å²) in [6.07, 6.45) is -0.566. The zero-order valence-corrected chi connectivity index (χ0v) is 14.3. The van der Waals surface area contributed by atoms with Crippen LogP contribution in [-0.4, -0.2) is 42.8 Å². The van der Waals surface area contributed by atoms with Crippen LogP contribution in [0.15, 0.2) is 24.3 Å². The van der Waals surface area contributed by atoms with E-state index >= 15 is 0 Å². The highest BCUT2D eigenvalue weighted by atomic mass is 16.3. The fraction of sp³-hybridized carbons (Fsp3) is 0.588. The molecular formula is C17H29N3O2. The lowest BCUT2D eigenvalue weighted by atomic mass is 9.89.